The Morgan fingerprint density at radius 1 is 1.40 bits per heavy atom. The Morgan fingerprint density at radius 2 is 2.16 bits per heavy atom. The third-order valence-corrected chi connectivity index (χ3v) is 5.91. The van der Waals surface area contributed by atoms with Crippen LogP contribution in [0.3, 0.4) is 0 Å². The Labute approximate surface area is 153 Å². The highest BCUT2D eigenvalue weighted by atomic mass is 32.1. The highest BCUT2D eigenvalue weighted by molar-refractivity contribution is 7.18. The van der Waals surface area contributed by atoms with Crippen molar-refractivity contribution in [2.45, 2.75) is 38.7 Å². The molecule has 6 heteroatoms. The van der Waals surface area contributed by atoms with E-state index in [9.17, 15) is 4.79 Å². The second-order valence-corrected chi connectivity index (χ2v) is 7.72. The molecular formula is C19H27N3O2S. The summed E-state index contributed by atoms with van der Waals surface area (Å²) >= 11 is 1.71. The van der Waals surface area contributed by atoms with Crippen molar-refractivity contribution in [3.63, 3.8) is 0 Å². The predicted octanol–water partition coefficient (Wildman–Crippen LogP) is 3.02. The molecule has 1 aromatic heterocycles. The standard InChI is InChI=1S/C19H27N3O2S/c1-3-24-15-8-10-22(11-9-15)13-18(23)20-12-14(2)19-21-16-6-4-5-7-17(16)25-19/h4-7,14-15H,3,8-13H2,1-2H3,(H,20,23). The third-order valence-electron chi connectivity index (χ3n) is 4.64. The van der Waals surface area contributed by atoms with Crippen LogP contribution >= 0.6 is 11.3 Å². The minimum absolute atomic E-state index is 0.0998. The Balaban J connectivity index is 1.43. The summed E-state index contributed by atoms with van der Waals surface area (Å²) in [6.45, 7) is 7.91. The fourth-order valence-electron chi connectivity index (χ4n) is 3.18. The number of likely N-dealkylation sites (tertiary alicyclic amines) is 1. The fraction of sp³-hybridized carbons (Fsp3) is 0.579. The van der Waals surface area contributed by atoms with Crippen molar-refractivity contribution in [3.8, 4) is 0 Å². The number of nitrogens with zero attached hydrogens (tertiary/aromatic N) is 2. The topological polar surface area (TPSA) is 54.5 Å². The summed E-state index contributed by atoms with van der Waals surface area (Å²) < 4.78 is 6.86. The van der Waals surface area contributed by atoms with Gasteiger partial charge in [-0.1, -0.05) is 19.1 Å². The summed E-state index contributed by atoms with van der Waals surface area (Å²) in [7, 11) is 0. The van der Waals surface area contributed by atoms with Crippen LogP contribution in [0.1, 0.15) is 37.6 Å². The van der Waals surface area contributed by atoms with E-state index in [2.05, 4.69) is 28.2 Å². The van der Waals surface area contributed by atoms with Crippen LogP contribution in [0, 0.1) is 0 Å². The molecule has 5 nitrogen and oxygen atoms in total. The van der Waals surface area contributed by atoms with Gasteiger partial charge in [0.05, 0.1) is 27.9 Å². The number of fused-ring (bicyclic) bond motifs is 1. The molecule has 3 rings (SSSR count). The molecule has 0 aliphatic carbocycles. The molecule has 0 saturated carbocycles. The summed E-state index contributed by atoms with van der Waals surface area (Å²) in [6, 6.07) is 8.17. The first-order valence-corrected chi connectivity index (χ1v) is 9.93. The van der Waals surface area contributed by atoms with E-state index in [0.29, 0.717) is 19.2 Å². The minimum Gasteiger partial charge on any atom is -0.378 e. The van der Waals surface area contributed by atoms with Crippen LogP contribution in [0.5, 0.6) is 0 Å². The van der Waals surface area contributed by atoms with Gasteiger partial charge < -0.3 is 10.1 Å². The van der Waals surface area contributed by atoms with Gasteiger partial charge in [0.15, 0.2) is 0 Å². The maximum atomic E-state index is 12.2. The zero-order valence-corrected chi connectivity index (χ0v) is 15.8. The fourth-order valence-corrected chi connectivity index (χ4v) is 4.20. The van der Waals surface area contributed by atoms with E-state index in [1.165, 1.54) is 4.70 Å². The zero-order valence-electron chi connectivity index (χ0n) is 15.0. The molecule has 1 aliphatic heterocycles. The van der Waals surface area contributed by atoms with E-state index >= 15 is 0 Å². The first-order valence-electron chi connectivity index (χ1n) is 9.11. The minimum atomic E-state index is 0.0998. The van der Waals surface area contributed by atoms with E-state index in [4.69, 9.17) is 4.74 Å². The van der Waals surface area contributed by atoms with E-state index in [0.717, 1.165) is 43.1 Å². The van der Waals surface area contributed by atoms with E-state index < -0.39 is 0 Å². The number of hydrogen-bond donors (Lipinski definition) is 1. The molecule has 1 N–H and O–H groups in total. The van der Waals surface area contributed by atoms with Gasteiger partial charge in [-0.15, -0.1) is 11.3 Å². The van der Waals surface area contributed by atoms with Crippen LogP contribution in [0.4, 0.5) is 0 Å². The lowest BCUT2D eigenvalue weighted by Gasteiger charge is -2.31. The molecule has 25 heavy (non-hydrogen) atoms. The number of nitrogens with one attached hydrogen (secondary N) is 1. The Bertz CT molecular complexity index is 662. The van der Waals surface area contributed by atoms with E-state index in [1.54, 1.807) is 11.3 Å². The molecule has 1 amide bonds. The first kappa shape index (κ1) is 18.3. The third kappa shape index (κ3) is 5.00. The number of para-hydroxylation sites is 1. The molecule has 1 fully saturated rings. The van der Waals surface area contributed by atoms with Gasteiger partial charge in [0.25, 0.3) is 0 Å². The molecule has 1 aliphatic rings. The van der Waals surface area contributed by atoms with E-state index in [-0.39, 0.29) is 11.8 Å². The summed E-state index contributed by atoms with van der Waals surface area (Å²) in [4.78, 5) is 19.1. The molecule has 1 unspecified atom stereocenters. The average molecular weight is 362 g/mol. The predicted molar refractivity (Wildman–Crippen MR) is 102 cm³/mol. The van der Waals surface area contributed by atoms with Gasteiger partial charge in [0.1, 0.15) is 0 Å². The molecule has 1 saturated heterocycles. The number of rotatable bonds is 7. The van der Waals surface area contributed by atoms with E-state index in [1.807, 2.05) is 25.1 Å². The molecule has 1 aromatic carbocycles. The van der Waals surface area contributed by atoms with Gasteiger partial charge in [0, 0.05) is 32.2 Å². The monoisotopic (exact) mass is 361 g/mol. The number of amides is 1. The van der Waals surface area contributed by atoms with Gasteiger partial charge in [-0.3, -0.25) is 9.69 Å². The van der Waals surface area contributed by atoms with Crippen LogP contribution in [0.2, 0.25) is 0 Å². The summed E-state index contributed by atoms with van der Waals surface area (Å²) in [6.07, 6.45) is 2.40. The molecule has 0 radical (unpaired) electrons. The molecule has 0 bridgehead atoms. The number of piperidine rings is 1. The van der Waals surface area contributed by atoms with Crippen molar-refractivity contribution < 1.29 is 9.53 Å². The lowest BCUT2D eigenvalue weighted by atomic mass is 10.1. The molecule has 2 aromatic rings. The second kappa shape index (κ2) is 8.74. The molecular weight excluding hydrogens is 334 g/mol. The van der Waals surface area contributed by atoms with Crippen molar-refractivity contribution in [1.82, 2.24) is 15.2 Å². The van der Waals surface area contributed by atoms with Crippen LogP contribution in [0.15, 0.2) is 24.3 Å². The highest BCUT2D eigenvalue weighted by Crippen LogP contribution is 2.26. The van der Waals surface area contributed by atoms with Gasteiger partial charge in [-0.25, -0.2) is 4.98 Å². The number of ether oxygens (including phenoxy) is 1. The summed E-state index contributed by atoms with van der Waals surface area (Å²) in [5.41, 5.74) is 1.04. The Hall–Kier alpha value is -1.50. The smallest absolute Gasteiger partial charge is 0.234 e. The number of thiazole rings is 1. The maximum absolute atomic E-state index is 12.2. The molecule has 1 atom stereocenters. The number of carbonyl (C=O) groups excluding carboxylic acids is 1. The first-order chi connectivity index (χ1) is 12.2. The quantitative estimate of drug-likeness (QED) is 0.824. The average Bonchev–Trinajstić information content (AvgIpc) is 3.06. The lowest BCUT2D eigenvalue weighted by Crippen LogP contribution is -2.43. The van der Waals surface area contributed by atoms with Crippen molar-refractivity contribution in [1.29, 1.82) is 0 Å². The molecule has 2 heterocycles. The molecule has 136 valence electrons. The summed E-state index contributed by atoms with van der Waals surface area (Å²) in [5, 5.41) is 4.15. The van der Waals surface area contributed by atoms with Gasteiger partial charge >= 0.3 is 0 Å². The van der Waals surface area contributed by atoms with Crippen LogP contribution in [0.25, 0.3) is 10.2 Å². The van der Waals surface area contributed by atoms with Crippen molar-refractivity contribution >= 4 is 27.5 Å². The van der Waals surface area contributed by atoms with Crippen molar-refractivity contribution in [3.05, 3.63) is 29.3 Å². The number of carbonyl (C=O) groups is 1. The lowest BCUT2D eigenvalue weighted by molar-refractivity contribution is -0.123. The largest absolute Gasteiger partial charge is 0.378 e. The van der Waals surface area contributed by atoms with Crippen molar-refractivity contribution in [2.24, 2.45) is 0 Å². The zero-order chi connectivity index (χ0) is 17.6. The number of benzene rings is 1. The maximum Gasteiger partial charge on any atom is 0.234 e. The van der Waals surface area contributed by atoms with Gasteiger partial charge in [-0.05, 0) is 31.9 Å². The SMILES string of the molecule is CCOC1CCN(CC(=O)NCC(C)c2nc3ccccc3s2)CC1. The number of hydrogen-bond acceptors (Lipinski definition) is 5. The molecule has 0 spiro atoms. The van der Waals surface area contributed by atoms with Crippen LogP contribution in [-0.2, 0) is 9.53 Å². The Morgan fingerprint density at radius 3 is 2.88 bits per heavy atom. The normalized spacial score (nSPS) is 17.7. The number of aromatic nitrogens is 1. The summed E-state index contributed by atoms with van der Waals surface area (Å²) in [5.74, 6) is 0.327. The second-order valence-electron chi connectivity index (χ2n) is 6.66. The highest BCUT2D eigenvalue weighted by Gasteiger charge is 2.21. The van der Waals surface area contributed by atoms with Gasteiger partial charge in [0.2, 0.25) is 5.91 Å². The van der Waals surface area contributed by atoms with Crippen molar-refractivity contribution in [2.75, 3.05) is 32.8 Å². The van der Waals surface area contributed by atoms with Gasteiger partial charge in [-0.2, -0.15) is 0 Å². The Kier molecular flexibility index (Phi) is 6.39. The van der Waals surface area contributed by atoms with Crippen LogP contribution in [-0.4, -0.2) is 54.7 Å². The van der Waals surface area contributed by atoms with Crippen LogP contribution < -0.4 is 5.32 Å².